The third kappa shape index (κ3) is 15.2. The van der Waals surface area contributed by atoms with Crippen molar-refractivity contribution in [1.29, 1.82) is 0 Å². The van der Waals surface area contributed by atoms with E-state index in [4.69, 9.17) is 9.47 Å². The molecule has 2 saturated heterocycles. The second-order valence-corrected chi connectivity index (χ2v) is 14.1. The van der Waals surface area contributed by atoms with E-state index < -0.39 is 46.6 Å². The Morgan fingerprint density at radius 3 is 1.52 bits per heavy atom. The Hall–Kier alpha value is -3.47. The maximum atomic E-state index is 12.8. The predicted octanol–water partition coefficient (Wildman–Crippen LogP) is 8.40. The molecule has 282 valence electrons. The number of pyridine rings is 2. The Labute approximate surface area is 296 Å². The number of carbonyl (C=O) groups excluding carboxylic acids is 3. The summed E-state index contributed by atoms with van der Waals surface area (Å²) in [5.74, 6) is 0.227. The fourth-order valence-corrected chi connectivity index (χ4v) is 4.67. The van der Waals surface area contributed by atoms with Gasteiger partial charge in [-0.05, 0) is 94.6 Å². The molecule has 10 nitrogen and oxygen atoms in total. The molecule has 0 spiro atoms. The number of carbonyl (C=O) groups is 3. The van der Waals surface area contributed by atoms with Gasteiger partial charge in [-0.15, -0.1) is 0 Å². The van der Waals surface area contributed by atoms with Crippen LogP contribution in [0.15, 0.2) is 41.0 Å². The van der Waals surface area contributed by atoms with Gasteiger partial charge in [-0.25, -0.2) is 19.6 Å². The number of hydrogen-bond donors (Lipinski definition) is 1. The minimum atomic E-state index is -4.57. The summed E-state index contributed by atoms with van der Waals surface area (Å²) in [4.78, 5) is 44.3. The van der Waals surface area contributed by atoms with Gasteiger partial charge in [0.15, 0.2) is 0 Å². The lowest BCUT2D eigenvalue weighted by Crippen LogP contribution is -2.47. The van der Waals surface area contributed by atoms with Crippen LogP contribution in [0.4, 0.5) is 35.9 Å². The highest BCUT2D eigenvalue weighted by molar-refractivity contribution is 9.10. The number of alkyl halides is 6. The molecule has 4 rings (SSSR count). The molecule has 2 aliphatic heterocycles. The lowest BCUT2D eigenvalue weighted by atomic mass is 9.88. The van der Waals surface area contributed by atoms with Gasteiger partial charge in [0.25, 0.3) is 0 Å². The van der Waals surface area contributed by atoms with Gasteiger partial charge in [0.1, 0.15) is 38.6 Å². The molecule has 0 aromatic carbocycles. The summed E-state index contributed by atoms with van der Waals surface area (Å²) in [6.45, 7) is 12.1. The molecule has 0 atom stereocenters. The quantitative estimate of drug-likeness (QED) is 0.226. The third-order valence-corrected chi connectivity index (χ3v) is 7.18. The average molecular weight is 788 g/mol. The second kappa shape index (κ2) is 17.6. The van der Waals surface area contributed by atoms with Gasteiger partial charge in [-0.1, -0.05) is 19.6 Å². The van der Waals surface area contributed by atoms with Gasteiger partial charge in [-0.2, -0.15) is 26.3 Å². The Morgan fingerprint density at radius 1 is 0.740 bits per heavy atom. The summed E-state index contributed by atoms with van der Waals surface area (Å²) in [5.41, 5.74) is -4.53. The van der Waals surface area contributed by atoms with Crippen LogP contribution in [0.3, 0.4) is 0 Å². The van der Waals surface area contributed by atoms with Crippen molar-refractivity contribution in [2.75, 3.05) is 26.2 Å². The number of hydrogen-bond acceptors (Lipinski definition) is 8. The van der Waals surface area contributed by atoms with Crippen molar-refractivity contribution in [2.45, 2.75) is 104 Å². The van der Waals surface area contributed by atoms with Crippen LogP contribution in [-0.4, -0.2) is 80.2 Å². The molecule has 0 radical (unpaired) electrons. The Kier molecular flexibility index (Phi) is 15.7. The molecule has 0 bridgehead atoms. The van der Waals surface area contributed by atoms with E-state index in [-0.39, 0.29) is 55.5 Å². The van der Waals surface area contributed by atoms with Gasteiger partial charge in [0, 0.05) is 39.0 Å². The molecular formula is C33H45BrF6N4O6. The molecule has 2 aromatic heterocycles. The molecule has 2 aliphatic rings. The van der Waals surface area contributed by atoms with Gasteiger partial charge >= 0.3 is 24.5 Å². The second-order valence-electron chi connectivity index (χ2n) is 13.3. The van der Waals surface area contributed by atoms with Crippen molar-refractivity contribution in [1.82, 2.24) is 19.8 Å². The van der Waals surface area contributed by atoms with E-state index in [0.717, 1.165) is 12.1 Å². The van der Waals surface area contributed by atoms with E-state index in [1.807, 2.05) is 20.8 Å². The van der Waals surface area contributed by atoms with Crippen molar-refractivity contribution in [2.24, 2.45) is 0 Å². The topological polar surface area (TPSA) is 122 Å². The minimum Gasteiger partial charge on any atom is -0.444 e. The standard InChI is InChI=1S/C16H21F3N2O3.C10H17NO3.C6H3BrF3N.CH4/c1-14(2,3)24-13(22)21-9-7-15(23,8-10-21)11-5-4-6-12(20-11)16(17,18)19;1-10(2,3)14-9(13)11-6-4-8(12)5-7-11;7-5-3-1-2-4(11-5)6(8,9)10;/h4-6,23H,7-10H2,1-3H3;4-7H2,1-3H3;1-3H;1H4. The highest BCUT2D eigenvalue weighted by atomic mass is 79.9. The minimum absolute atomic E-state index is 0. The molecule has 2 aromatic rings. The first-order chi connectivity index (χ1) is 22.3. The highest BCUT2D eigenvalue weighted by Crippen LogP contribution is 2.35. The number of nitrogens with zero attached hydrogens (tertiary/aromatic N) is 4. The van der Waals surface area contributed by atoms with Gasteiger partial charge in [0.05, 0.1) is 5.69 Å². The Balaban J connectivity index is 0.000000408. The zero-order valence-corrected chi connectivity index (χ0v) is 29.6. The van der Waals surface area contributed by atoms with Crippen molar-refractivity contribution < 1.29 is 55.3 Å². The third-order valence-electron chi connectivity index (χ3n) is 6.74. The summed E-state index contributed by atoms with van der Waals surface area (Å²) < 4.78 is 84.6. The van der Waals surface area contributed by atoms with Crippen LogP contribution < -0.4 is 0 Å². The first-order valence-electron chi connectivity index (χ1n) is 15.2. The summed E-state index contributed by atoms with van der Waals surface area (Å²) in [5, 5.41) is 10.7. The maximum Gasteiger partial charge on any atom is 0.433 e. The lowest BCUT2D eigenvalue weighted by molar-refractivity contribution is -0.142. The van der Waals surface area contributed by atoms with E-state index in [0.29, 0.717) is 25.9 Å². The average Bonchev–Trinajstić information content (AvgIpc) is 2.96. The van der Waals surface area contributed by atoms with E-state index in [2.05, 4.69) is 25.9 Å². The number of Topliss-reactive ketones (excluding diaryl/α,β-unsaturated/α-hetero) is 1. The number of halogens is 7. The summed E-state index contributed by atoms with van der Waals surface area (Å²) in [7, 11) is 0. The molecule has 2 amide bonds. The first kappa shape index (κ1) is 44.6. The van der Waals surface area contributed by atoms with Crippen molar-refractivity contribution in [3.05, 3.63) is 58.1 Å². The number of ether oxygens (including phenoxy) is 2. The largest absolute Gasteiger partial charge is 0.444 e. The summed E-state index contributed by atoms with van der Waals surface area (Å²) in [6, 6.07) is 7.12. The molecule has 2 fully saturated rings. The van der Waals surface area contributed by atoms with Crippen molar-refractivity contribution in [3.63, 3.8) is 0 Å². The van der Waals surface area contributed by atoms with Gasteiger partial charge < -0.3 is 24.4 Å². The zero-order chi connectivity index (χ0) is 37.4. The number of ketones is 1. The molecule has 0 aliphatic carbocycles. The number of likely N-dealkylation sites (tertiary alicyclic amines) is 2. The van der Waals surface area contributed by atoms with E-state index in [1.54, 1.807) is 25.7 Å². The fourth-order valence-electron chi connectivity index (χ4n) is 4.32. The van der Waals surface area contributed by atoms with Crippen molar-refractivity contribution >= 4 is 33.9 Å². The summed E-state index contributed by atoms with van der Waals surface area (Å²) >= 11 is 2.84. The number of aromatic nitrogens is 2. The first-order valence-corrected chi connectivity index (χ1v) is 16.0. The molecular weight excluding hydrogens is 742 g/mol. The number of aliphatic hydroxyl groups is 1. The van der Waals surface area contributed by atoms with Gasteiger partial charge in [0.2, 0.25) is 0 Å². The fraction of sp³-hybridized carbons (Fsp3) is 0.606. The van der Waals surface area contributed by atoms with Crippen LogP contribution >= 0.6 is 15.9 Å². The molecule has 17 heteroatoms. The number of rotatable bonds is 1. The Bertz CT molecular complexity index is 1430. The number of amides is 2. The molecule has 50 heavy (non-hydrogen) atoms. The van der Waals surface area contributed by atoms with Gasteiger partial charge in [-0.3, -0.25) is 4.79 Å². The maximum absolute atomic E-state index is 12.8. The summed E-state index contributed by atoms with van der Waals surface area (Å²) in [6.07, 6.45) is -8.63. The lowest BCUT2D eigenvalue weighted by Gasteiger charge is -2.38. The Morgan fingerprint density at radius 2 is 1.14 bits per heavy atom. The number of piperidine rings is 2. The van der Waals surface area contributed by atoms with Crippen LogP contribution in [-0.2, 0) is 32.2 Å². The monoisotopic (exact) mass is 786 g/mol. The normalized spacial score (nSPS) is 16.5. The van der Waals surface area contributed by atoms with Crippen LogP contribution in [0.1, 0.15) is 91.7 Å². The molecule has 4 heterocycles. The highest BCUT2D eigenvalue weighted by Gasteiger charge is 2.40. The molecule has 0 unspecified atom stereocenters. The van der Waals surface area contributed by atoms with Crippen LogP contribution in [0.5, 0.6) is 0 Å². The zero-order valence-electron chi connectivity index (χ0n) is 28.0. The smallest absolute Gasteiger partial charge is 0.433 e. The van der Waals surface area contributed by atoms with Crippen LogP contribution in [0, 0.1) is 0 Å². The van der Waals surface area contributed by atoms with E-state index in [9.17, 15) is 45.8 Å². The van der Waals surface area contributed by atoms with Crippen LogP contribution in [0.25, 0.3) is 0 Å². The SMILES string of the molecule is C.CC(C)(C)OC(=O)N1CCC(=O)CC1.CC(C)(C)OC(=O)N1CCC(O)(c2cccc(C(F)(F)F)n2)CC1.FC(F)(F)c1cccc(Br)n1. The van der Waals surface area contributed by atoms with Crippen LogP contribution in [0.2, 0.25) is 0 Å². The predicted molar refractivity (Wildman–Crippen MR) is 176 cm³/mol. The van der Waals surface area contributed by atoms with E-state index in [1.165, 1.54) is 29.2 Å². The molecule has 0 saturated carbocycles. The van der Waals surface area contributed by atoms with Crippen molar-refractivity contribution in [3.8, 4) is 0 Å². The van der Waals surface area contributed by atoms with E-state index >= 15 is 0 Å². The molecule has 1 N–H and O–H groups in total.